The van der Waals surface area contributed by atoms with Gasteiger partial charge in [0.2, 0.25) is 11.8 Å². The number of rotatable bonds is 12. The Morgan fingerprint density at radius 3 is 1.93 bits per heavy atom. The molecule has 40 heavy (non-hydrogen) atoms. The fourth-order valence-corrected chi connectivity index (χ4v) is 5.53. The standard InChI is InChI=1S/C30H35F2N3O4S/c1-5-22(4)33-30(37)28(6-2)34(19-23-9-11-24(31)12-10-23)29(36)20-35(26-15-13-25(32)14-16-26)40(38,39)27-17-7-21(3)8-18-27/h7-18,22,28H,5-6,19-20H2,1-4H3,(H,33,37). The first kappa shape index (κ1) is 30.7. The molecular weight excluding hydrogens is 536 g/mol. The summed E-state index contributed by atoms with van der Waals surface area (Å²) in [6.45, 7) is 6.65. The van der Waals surface area contributed by atoms with Crippen LogP contribution in [0.4, 0.5) is 14.5 Å². The van der Waals surface area contributed by atoms with E-state index in [1.54, 1.807) is 19.1 Å². The number of carbonyl (C=O) groups is 2. The number of halogens is 2. The molecule has 0 heterocycles. The fraction of sp³-hybridized carbons (Fsp3) is 0.333. The third-order valence-electron chi connectivity index (χ3n) is 6.66. The minimum atomic E-state index is -4.25. The van der Waals surface area contributed by atoms with Gasteiger partial charge in [0.1, 0.15) is 24.2 Å². The predicted octanol–water partition coefficient (Wildman–Crippen LogP) is 5.19. The highest BCUT2D eigenvalue weighted by molar-refractivity contribution is 7.92. The Bertz CT molecular complexity index is 1400. The van der Waals surface area contributed by atoms with Crippen LogP contribution in [-0.4, -0.2) is 43.8 Å². The summed E-state index contributed by atoms with van der Waals surface area (Å²) in [6.07, 6.45) is 0.942. The number of carbonyl (C=O) groups excluding carboxylic acids is 2. The van der Waals surface area contributed by atoms with Crippen LogP contribution in [0.25, 0.3) is 0 Å². The van der Waals surface area contributed by atoms with Gasteiger partial charge in [-0.15, -0.1) is 0 Å². The van der Waals surface area contributed by atoms with Gasteiger partial charge in [-0.25, -0.2) is 17.2 Å². The molecule has 10 heteroatoms. The second-order valence-corrected chi connectivity index (χ2v) is 11.6. The van der Waals surface area contributed by atoms with Gasteiger partial charge in [0.15, 0.2) is 0 Å². The van der Waals surface area contributed by atoms with Crippen LogP contribution in [0.3, 0.4) is 0 Å². The highest BCUT2D eigenvalue weighted by atomic mass is 32.2. The first-order chi connectivity index (χ1) is 19.0. The van der Waals surface area contributed by atoms with Gasteiger partial charge in [-0.3, -0.25) is 13.9 Å². The van der Waals surface area contributed by atoms with E-state index >= 15 is 0 Å². The molecule has 0 bridgehead atoms. The largest absolute Gasteiger partial charge is 0.352 e. The van der Waals surface area contributed by atoms with Gasteiger partial charge < -0.3 is 10.2 Å². The summed E-state index contributed by atoms with van der Waals surface area (Å²) < 4.78 is 55.8. The van der Waals surface area contributed by atoms with Crippen LogP contribution in [-0.2, 0) is 26.2 Å². The van der Waals surface area contributed by atoms with Crippen LogP contribution >= 0.6 is 0 Å². The van der Waals surface area contributed by atoms with Crippen LogP contribution < -0.4 is 9.62 Å². The molecule has 0 radical (unpaired) electrons. The number of amides is 2. The van der Waals surface area contributed by atoms with Gasteiger partial charge in [0.25, 0.3) is 10.0 Å². The van der Waals surface area contributed by atoms with Gasteiger partial charge in [0.05, 0.1) is 10.6 Å². The number of nitrogens with zero attached hydrogens (tertiary/aromatic N) is 2. The van der Waals surface area contributed by atoms with Crippen LogP contribution in [0.15, 0.2) is 77.7 Å². The summed E-state index contributed by atoms with van der Waals surface area (Å²) in [7, 11) is -4.25. The summed E-state index contributed by atoms with van der Waals surface area (Å²) in [5.41, 5.74) is 1.51. The van der Waals surface area contributed by atoms with Crippen molar-refractivity contribution in [2.45, 2.75) is 64.1 Å². The van der Waals surface area contributed by atoms with E-state index in [0.29, 0.717) is 12.0 Å². The molecule has 0 aliphatic rings. The average Bonchev–Trinajstić information content (AvgIpc) is 2.93. The molecule has 0 aromatic heterocycles. The zero-order chi connectivity index (χ0) is 29.4. The van der Waals surface area contributed by atoms with Crippen molar-refractivity contribution in [3.63, 3.8) is 0 Å². The monoisotopic (exact) mass is 571 g/mol. The number of aryl methyl sites for hydroxylation is 1. The van der Waals surface area contributed by atoms with Crippen molar-refractivity contribution < 1.29 is 26.8 Å². The maximum absolute atomic E-state index is 13.9. The van der Waals surface area contributed by atoms with Crippen molar-refractivity contribution in [1.82, 2.24) is 10.2 Å². The lowest BCUT2D eigenvalue weighted by atomic mass is 10.1. The van der Waals surface area contributed by atoms with Crippen molar-refractivity contribution >= 4 is 27.5 Å². The van der Waals surface area contributed by atoms with Crippen molar-refractivity contribution in [2.24, 2.45) is 0 Å². The van der Waals surface area contributed by atoms with E-state index in [-0.39, 0.29) is 35.5 Å². The first-order valence-electron chi connectivity index (χ1n) is 13.2. The van der Waals surface area contributed by atoms with Gasteiger partial charge in [-0.2, -0.15) is 0 Å². The highest BCUT2D eigenvalue weighted by Gasteiger charge is 2.34. The van der Waals surface area contributed by atoms with Gasteiger partial charge in [-0.05, 0) is 80.8 Å². The predicted molar refractivity (Wildman–Crippen MR) is 151 cm³/mol. The Hall–Kier alpha value is -3.79. The Kier molecular flexibility index (Phi) is 10.4. The van der Waals surface area contributed by atoms with Crippen LogP contribution in [0.2, 0.25) is 0 Å². The molecule has 7 nitrogen and oxygen atoms in total. The molecule has 1 N–H and O–H groups in total. The Morgan fingerprint density at radius 2 is 1.40 bits per heavy atom. The summed E-state index contributed by atoms with van der Waals surface area (Å²) in [5.74, 6) is -2.03. The molecule has 2 atom stereocenters. The van der Waals surface area contributed by atoms with Crippen LogP contribution in [0.5, 0.6) is 0 Å². The van der Waals surface area contributed by atoms with Crippen LogP contribution in [0, 0.1) is 18.6 Å². The maximum atomic E-state index is 13.9. The summed E-state index contributed by atoms with van der Waals surface area (Å²) >= 11 is 0. The Balaban J connectivity index is 2.04. The molecular formula is C30H35F2N3O4S. The summed E-state index contributed by atoms with van der Waals surface area (Å²) in [6, 6.07) is 15.4. The van der Waals surface area contributed by atoms with E-state index < -0.39 is 40.2 Å². The molecule has 0 fully saturated rings. The van der Waals surface area contributed by atoms with Gasteiger partial charge >= 0.3 is 0 Å². The topological polar surface area (TPSA) is 86.8 Å². The van der Waals surface area contributed by atoms with E-state index in [1.165, 1.54) is 53.4 Å². The molecule has 0 saturated heterocycles. The summed E-state index contributed by atoms with van der Waals surface area (Å²) in [5, 5.41) is 2.90. The molecule has 0 aliphatic carbocycles. The normalized spacial score (nSPS) is 12.8. The van der Waals surface area contributed by atoms with E-state index in [0.717, 1.165) is 22.0 Å². The molecule has 2 unspecified atom stereocenters. The van der Waals surface area contributed by atoms with Crippen molar-refractivity contribution in [2.75, 3.05) is 10.8 Å². The lowest BCUT2D eigenvalue weighted by Gasteiger charge is -2.33. The zero-order valence-electron chi connectivity index (χ0n) is 23.1. The molecule has 0 aliphatic heterocycles. The first-order valence-corrected chi connectivity index (χ1v) is 14.6. The molecule has 0 spiro atoms. The van der Waals surface area contributed by atoms with E-state index in [9.17, 15) is 26.8 Å². The van der Waals surface area contributed by atoms with E-state index in [2.05, 4.69) is 5.32 Å². The highest BCUT2D eigenvalue weighted by Crippen LogP contribution is 2.25. The molecule has 0 saturated carbocycles. The van der Waals surface area contributed by atoms with Crippen molar-refractivity contribution in [3.05, 3.63) is 95.6 Å². The molecule has 214 valence electrons. The zero-order valence-corrected chi connectivity index (χ0v) is 23.9. The summed E-state index contributed by atoms with van der Waals surface area (Å²) in [4.78, 5) is 28.5. The number of anilines is 1. The lowest BCUT2D eigenvalue weighted by molar-refractivity contribution is -0.140. The van der Waals surface area contributed by atoms with Crippen molar-refractivity contribution in [1.29, 1.82) is 0 Å². The third-order valence-corrected chi connectivity index (χ3v) is 8.44. The Morgan fingerprint density at radius 1 is 0.850 bits per heavy atom. The number of benzene rings is 3. The number of hydrogen-bond donors (Lipinski definition) is 1. The van der Waals surface area contributed by atoms with Crippen molar-refractivity contribution in [3.8, 4) is 0 Å². The fourth-order valence-electron chi connectivity index (χ4n) is 4.12. The molecule has 3 rings (SSSR count). The average molecular weight is 572 g/mol. The minimum absolute atomic E-state index is 0.0399. The SMILES string of the molecule is CCC(C)NC(=O)C(CC)N(Cc1ccc(F)cc1)C(=O)CN(c1ccc(F)cc1)S(=O)(=O)c1ccc(C)cc1. The van der Waals surface area contributed by atoms with E-state index in [4.69, 9.17) is 0 Å². The molecule has 2 amide bonds. The number of nitrogens with one attached hydrogen (secondary N) is 1. The number of hydrogen-bond acceptors (Lipinski definition) is 4. The quantitative estimate of drug-likeness (QED) is 0.324. The Labute approximate surface area is 234 Å². The van der Waals surface area contributed by atoms with E-state index in [1.807, 2.05) is 20.8 Å². The maximum Gasteiger partial charge on any atom is 0.264 e. The minimum Gasteiger partial charge on any atom is -0.352 e. The molecule has 3 aromatic carbocycles. The third kappa shape index (κ3) is 7.65. The second kappa shape index (κ2) is 13.5. The second-order valence-electron chi connectivity index (χ2n) is 9.69. The van der Waals surface area contributed by atoms with Gasteiger partial charge in [-0.1, -0.05) is 43.7 Å². The number of sulfonamides is 1. The lowest BCUT2D eigenvalue weighted by Crippen LogP contribution is -2.53. The smallest absolute Gasteiger partial charge is 0.264 e. The van der Waals surface area contributed by atoms with Gasteiger partial charge in [0, 0.05) is 12.6 Å². The van der Waals surface area contributed by atoms with Crippen LogP contribution in [0.1, 0.15) is 44.7 Å². The molecule has 3 aromatic rings.